The second-order valence-electron chi connectivity index (χ2n) is 6.63. The van der Waals surface area contributed by atoms with Crippen LogP contribution in [0.2, 0.25) is 0 Å². The van der Waals surface area contributed by atoms with Gasteiger partial charge in [-0.2, -0.15) is 0 Å². The maximum absolute atomic E-state index is 12.4. The maximum atomic E-state index is 12.4. The first kappa shape index (κ1) is 19.1. The second kappa shape index (κ2) is 7.80. The first-order valence-corrected chi connectivity index (χ1v) is 8.17. The quantitative estimate of drug-likeness (QED) is 0.449. The van der Waals surface area contributed by atoms with E-state index in [2.05, 4.69) is 0 Å². The molecule has 0 aliphatic carbocycles. The van der Waals surface area contributed by atoms with Crippen molar-refractivity contribution in [3.05, 3.63) is 47.5 Å². The van der Waals surface area contributed by atoms with Crippen LogP contribution in [0.15, 0.2) is 42.0 Å². The number of hydrogen-bond acceptors (Lipinski definition) is 5. The number of methoxy groups -OCH3 is 1. The van der Waals surface area contributed by atoms with Crippen LogP contribution in [0, 0.1) is 0 Å². The lowest BCUT2D eigenvalue weighted by molar-refractivity contribution is -0.246. The fourth-order valence-corrected chi connectivity index (χ4v) is 2.46. The maximum Gasteiger partial charge on any atom is 0.417 e. The Balaban J connectivity index is 2.07. The largest absolute Gasteiger partial charge is 0.444 e. The average Bonchev–Trinajstić information content (AvgIpc) is 2.58. The van der Waals surface area contributed by atoms with Gasteiger partial charge < -0.3 is 14.2 Å². The van der Waals surface area contributed by atoms with Crippen LogP contribution < -0.4 is 0 Å². The van der Waals surface area contributed by atoms with Crippen molar-refractivity contribution in [2.75, 3.05) is 7.11 Å². The van der Waals surface area contributed by atoms with Crippen molar-refractivity contribution in [3.63, 3.8) is 0 Å². The van der Waals surface area contributed by atoms with Crippen molar-refractivity contribution in [1.82, 2.24) is 4.90 Å². The van der Waals surface area contributed by atoms with Crippen LogP contribution in [0.4, 0.5) is 4.79 Å². The van der Waals surface area contributed by atoms with Gasteiger partial charge in [-0.05, 0) is 33.3 Å². The number of hydrogen-bond donors (Lipinski definition) is 0. The van der Waals surface area contributed by atoms with Crippen LogP contribution >= 0.6 is 0 Å². The molecule has 0 aromatic heterocycles. The molecule has 136 valence electrons. The zero-order chi connectivity index (χ0) is 18.6. The molecule has 1 aromatic rings. The van der Waals surface area contributed by atoms with E-state index in [-0.39, 0.29) is 6.61 Å². The van der Waals surface area contributed by atoms with Gasteiger partial charge in [0.1, 0.15) is 6.61 Å². The minimum absolute atomic E-state index is 0.111. The van der Waals surface area contributed by atoms with E-state index in [1.807, 2.05) is 50.3 Å². The van der Waals surface area contributed by atoms with Gasteiger partial charge in [-0.15, -0.1) is 0 Å². The number of β-lactam (4-membered cyclic amide) rings is 1. The summed E-state index contributed by atoms with van der Waals surface area (Å²) in [7, 11) is 1.50. The Morgan fingerprint density at radius 3 is 2.44 bits per heavy atom. The lowest BCUT2D eigenvalue weighted by Crippen LogP contribution is -2.68. The van der Waals surface area contributed by atoms with Gasteiger partial charge in [0.25, 0.3) is 5.91 Å². The van der Waals surface area contributed by atoms with E-state index in [9.17, 15) is 9.59 Å². The molecule has 1 saturated heterocycles. The smallest absolute Gasteiger partial charge is 0.417 e. The molecule has 25 heavy (non-hydrogen) atoms. The van der Waals surface area contributed by atoms with Crippen LogP contribution in [-0.2, 0) is 25.6 Å². The molecule has 1 heterocycles. The van der Waals surface area contributed by atoms with Crippen molar-refractivity contribution >= 4 is 12.0 Å². The van der Waals surface area contributed by atoms with Gasteiger partial charge in [0.05, 0.1) is 6.04 Å². The summed E-state index contributed by atoms with van der Waals surface area (Å²) in [5.74, 6) is -1.35. The van der Waals surface area contributed by atoms with Crippen LogP contribution in [0.25, 0.3) is 0 Å². The summed E-state index contributed by atoms with van der Waals surface area (Å²) < 4.78 is 16.2. The van der Waals surface area contributed by atoms with Crippen LogP contribution in [0.5, 0.6) is 0 Å². The highest BCUT2D eigenvalue weighted by Crippen LogP contribution is 2.30. The third-order valence-electron chi connectivity index (χ3n) is 3.90. The number of likely N-dealkylation sites (tertiary alicyclic amines) is 1. The Hall–Kier alpha value is -2.18. The molecule has 0 bridgehead atoms. The fraction of sp³-hybridized carbons (Fsp3) is 0.474. The van der Waals surface area contributed by atoms with E-state index in [4.69, 9.17) is 14.2 Å². The fourth-order valence-electron chi connectivity index (χ4n) is 2.46. The van der Waals surface area contributed by atoms with E-state index in [0.29, 0.717) is 0 Å². The van der Waals surface area contributed by atoms with Gasteiger partial charge in [-0.3, -0.25) is 4.79 Å². The molecular formula is C19H25NO5. The van der Waals surface area contributed by atoms with Crippen LogP contribution in [0.1, 0.15) is 33.3 Å². The van der Waals surface area contributed by atoms with Crippen molar-refractivity contribution < 1.29 is 23.8 Å². The summed E-state index contributed by atoms with van der Waals surface area (Å²) in [6.45, 7) is 7.34. The van der Waals surface area contributed by atoms with Gasteiger partial charge in [-0.25, -0.2) is 9.69 Å². The van der Waals surface area contributed by atoms with Gasteiger partial charge in [0.2, 0.25) is 0 Å². The molecular weight excluding hydrogens is 322 g/mol. The van der Waals surface area contributed by atoms with Gasteiger partial charge in [0.15, 0.2) is 11.9 Å². The molecule has 0 spiro atoms. The molecule has 6 nitrogen and oxygen atoms in total. The van der Waals surface area contributed by atoms with Crippen molar-refractivity contribution in [1.29, 1.82) is 0 Å². The first-order chi connectivity index (χ1) is 11.7. The average molecular weight is 347 g/mol. The summed E-state index contributed by atoms with van der Waals surface area (Å²) in [5.41, 5.74) is 1.83. The van der Waals surface area contributed by atoms with Gasteiger partial charge in [-0.1, -0.05) is 42.0 Å². The summed E-state index contributed by atoms with van der Waals surface area (Å²) in [6.07, 6.45) is 0.377. The zero-order valence-corrected chi connectivity index (χ0v) is 15.3. The summed E-state index contributed by atoms with van der Waals surface area (Å²) >= 11 is 0. The Labute approximate surface area is 148 Å². The molecule has 0 unspecified atom stereocenters. The molecule has 0 N–H and O–H groups in total. The normalized spacial score (nSPS) is 20.0. The number of nitrogens with zero attached hydrogens (tertiary/aromatic N) is 1. The Kier molecular flexibility index (Phi) is 5.98. The Bertz CT molecular complexity index is 649. The van der Waals surface area contributed by atoms with Crippen molar-refractivity contribution in [3.8, 4) is 0 Å². The molecule has 1 aliphatic heterocycles. The van der Waals surface area contributed by atoms with E-state index < -0.39 is 29.9 Å². The van der Waals surface area contributed by atoms with E-state index in [0.717, 1.165) is 16.0 Å². The number of benzene rings is 1. The van der Waals surface area contributed by atoms with E-state index in [1.165, 1.54) is 7.11 Å². The van der Waals surface area contributed by atoms with Crippen LogP contribution in [-0.4, -0.2) is 41.9 Å². The highest BCUT2D eigenvalue weighted by molar-refractivity contribution is 6.01. The molecule has 6 heteroatoms. The van der Waals surface area contributed by atoms with E-state index >= 15 is 0 Å². The Morgan fingerprint density at radius 2 is 1.88 bits per heavy atom. The highest BCUT2D eigenvalue weighted by atomic mass is 16.7. The minimum atomic E-state index is -0.923. The number of ether oxygens (including phenoxy) is 3. The monoisotopic (exact) mass is 347 g/mol. The van der Waals surface area contributed by atoms with Crippen molar-refractivity contribution in [2.24, 2.45) is 0 Å². The van der Waals surface area contributed by atoms with Gasteiger partial charge >= 0.3 is 6.09 Å². The third-order valence-corrected chi connectivity index (χ3v) is 3.90. The third kappa shape index (κ3) is 4.67. The standard InChI is InChI=1S/C19H25NO5/c1-13(2)11-15-16(25-19(3,4)23-5)17(21)20(15)18(22)24-12-14-9-7-6-8-10-14/h6-11,15-16H,12H2,1-5H3/t15-,16+/m1/s1. The van der Waals surface area contributed by atoms with Crippen molar-refractivity contribution in [2.45, 2.75) is 52.2 Å². The Morgan fingerprint density at radius 1 is 1.24 bits per heavy atom. The highest BCUT2D eigenvalue weighted by Gasteiger charge is 2.53. The predicted octanol–water partition coefficient (Wildman–Crippen LogP) is 3.27. The second-order valence-corrected chi connectivity index (χ2v) is 6.63. The predicted molar refractivity (Wildman–Crippen MR) is 92.7 cm³/mol. The lowest BCUT2D eigenvalue weighted by atomic mass is 9.96. The minimum Gasteiger partial charge on any atom is -0.444 e. The molecule has 2 atom stereocenters. The zero-order valence-electron chi connectivity index (χ0n) is 15.3. The summed E-state index contributed by atoms with van der Waals surface area (Å²) in [6, 6.07) is 8.81. The molecule has 1 aromatic carbocycles. The molecule has 1 fully saturated rings. The number of allylic oxidation sites excluding steroid dienone is 1. The number of rotatable bonds is 6. The lowest BCUT2D eigenvalue weighted by Gasteiger charge is -2.45. The summed E-state index contributed by atoms with van der Waals surface area (Å²) in [5, 5.41) is 0. The SMILES string of the molecule is COC(C)(C)O[C@@H]1C(=O)N(C(=O)OCc2ccccc2)[C@@H]1C=C(C)C. The molecule has 1 aliphatic rings. The molecule has 0 radical (unpaired) electrons. The number of amides is 2. The first-order valence-electron chi connectivity index (χ1n) is 8.17. The molecule has 0 saturated carbocycles. The van der Waals surface area contributed by atoms with Crippen LogP contribution in [0.3, 0.4) is 0 Å². The van der Waals surface area contributed by atoms with E-state index in [1.54, 1.807) is 13.8 Å². The van der Waals surface area contributed by atoms with Gasteiger partial charge in [0, 0.05) is 7.11 Å². The number of carbonyl (C=O) groups excluding carboxylic acids is 2. The number of carbonyl (C=O) groups is 2. The summed E-state index contributed by atoms with van der Waals surface area (Å²) in [4.78, 5) is 25.9. The molecule has 2 rings (SSSR count). The molecule has 2 amide bonds. The topological polar surface area (TPSA) is 65.1 Å². The number of imide groups is 1.